The molecule has 24 heavy (non-hydrogen) atoms. The van der Waals surface area contributed by atoms with Gasteiger partial charge < -0.3 is 14.6 Å². The Morgan fingerprint density at radius 1 is 1.29 bits per heavy atom. The minimum absolute atomic E-state index is 0.0259. The number of carbonyl (C=O) groups is 1. The van der Waals surface area contributed by atoms with Gasteiger partial charge in [0.05, 0.1) is 17.3 Å². The van der Waals surface area contributed by atoms with Crippen LogP contribution in [-0.2, 0) is 6.42 Å². The number of thiophene rings is 1. The van der Waals surface area contributed by atoms with Crippen LogP contribution in [0.5, 0.6) is 5.75 Å². The van der Waals surface area contributed by atoms with E-state index in [0.29, 0.717) is 6.54 Å². The Labute approximate surface area is 146 Å². The summed E-state index contributed by atoms with van der Waals surface area (Å²) in [7, 11) is 1.67. The lowest BCUT2D eigenvalue weighted by Crippen LogP contribution is -2.28. The van der Waals surface area contributed by atoms with Crippen LogP contribution >= 0.6 is 11.3 Å². The number of nitrogens with one attached hydrogen (secondary N) is 1. The highest BCUT2D eigenvalue weighted by atomic mass is 32.1. The summed E-state index contributed by atoms with van der Waals surface area (Å²) < 4.78 is 8.61. The molecular weight excluding hydrogens is 320 g/mol. The fourth-order valence-electron chi connectivity index (χ4n) is 2.99. The number of aromatic nitrogens is 1. The lowest BCUT2D eigenvalue weighted by Gasteiger charge is -2.14. The standard InChI is InChI=1S/C19H22N2O2S/c1-13(2)21-15-9-11-24-18(15)12-16(21)19(22)20-10-8-14-6-4-5-7-17(14)23-3/h4-7,9,11-13H,8,10H2,1-3H3,(H,20,22). The van der Waals surface area contributed by atoms with Gasteiger partial charge in [-0.05, 0) is 49.4 Å². The van der Waals surface area contributed by atoms with Gasteiger partial charge in [0, 0.05) is 12.6 Å². The van der Waals surface area contributed by atoms with Crippen molar-refractivity contribution >= 4 is 27.5 Å². The third-order valence-corrected chi connectivity index (χ3v) is 4.93. The summed E-state index contributed by atoms with van der Waals surface area (Å²) in [4.78, 5) is 12.6. The van der Waals surface area contributed by atoms with Gasteiger partial charge in [-0.1, -0.05) is 18.2 Å². The topological polar surface area (TPSA) is 43.3 Å². The number of nitrogens with zero attached hydrogens (tertiary/aromatic N) is 1. The first-order valence-electron chi connectivity index (χ1n) is 8.10. The van der Waals surface area contributed by atoms with E-state index in [9.17, 15) is 4.79 Å². The van der Waals surface area contributed by atoms with Crippen molar-refractivity contribution in [1.29, 1.82) is 0 Å². The molecule has 126 valence electrons. The van der Waals surface area contributed by atoms with Crippen molar-refractivity contribution < 1.29 is 9.53 Å². The number of methoxy groups -OCH3 is 1. The molecule has 0 unspecified atom stereocenters. The Hall–Kier alpha value is -2.27. The fraction of sp³-hybridized carbons (Fsp3) is 0.316. The first kappa shape index (κ1) is 16.6. The predicted octanol–water partition coefficient (Wildman–Crippen LogP) is 4.26. The zero-order valence-electron chi connectivity index (χ0n) is 14.2. The molecule has 3 aromatic rings. The summed E-state index contributed by atoms with van der Waals surface area (Å²) in [5.74, 6) is 0.833. The number of amides is 1. The van der Waals surface area contributed by atoms with Crippen LogP contribution in [0.4, 0.5) is 0 Å². The highest BCUT2D eigenvalue weighted by Crippen LogP contribution is 2.28. The molecule has 2 heterocycles. The Balaban J connectivity index is 1.71. The van der Waals surface area contributed by atoms with Crippen molar-refractivity contribution in [2.75, 3.05) is 13.7 Å². The summed E-state index contributed by atoms with van der Waals surface area (Å²) in [6.45, 7) is 4.78. The highest BCUT2D eigenvalue weighted by molar-refractivity contribution is 7.17. The molecule has 0 spiro atoms. The van der Waals surface area contributed by atoms with E-state index < -0.39 is 0 Å². The van der Waals surface area contributed by atoms with Gasteiger partial charge >= 0.3 is 0 Å². The third-order valence-electron chi connectivity index (χ3n) is 4.08. The van der Waals surface area contributed by atoms with E-state index in [-0.39, 0.29) is 11.9 Å². The van der Waals surface area contributed by atoms with Gasteiger partial charge in [-0.3, -0.25) is 4.79 Å². The molecule has 0 atom stereocenters. The fourth-order valence-corrected chi connectivity index (χ4v) is 3.80. The Kier molecular flexibility index (Phi) is 4.90. The van der Waals surface area contributed by atoms with E-state index in [2.05, 4.69) is 35.2 Å². The Morgan fingerprint density at radius 2 is 2.08 bits per heavy atom. The Morgan fingerprint density at radius 3 is 2.83 bits per heavy atom. The first-order valence-corrected chi connectivity index (χ1v) is 8.98. The molecule has 1 amide bonds. The number of hydrogen-bond donors (Lipinski definition) is 1. The number of para-hydroxylation sites is 1. The summed E-state index contributed by atoms with van der Waals surface area (Å²) in [5.41, 5.74) is 2.96. The quantitative estimate of drug-likeness (QED) is 0.727. The lowest BCUT2D eigenvalue weighted by atomic mass is 10.1. The van der Waals surface area contributed by atoms with Gasteiger partial charge in [-0.25, -0.2) is 0 Å². The molecule has 0 aliphatic carbocycles. The number of carbonyl (C=O) groups excluding carboxylic acids is 1. The Bertz CT molecular complexity index is 848. The van der Waals surface area contributed by atoms with Crippen molar-refractivity contribution in [3.05, 3.63) is 53.0 Å². The monoisotopic (exact) mass is 342 g/mol. The van der Waals surface area contributed by atoms with Crippen LogP contribution < -0.4 is 10.1 Å². The zero-order chi connectivity index (χ0) is 17.1. The largest absolute Gasteiger partial charge is 0.496 e. The molecule has 5 heteroatoms. The van der Waals surface area contributed by atoms with Gasteiger partial charge in [0.25, 0.3) is 5.91 Å². The minimum atomic E-state index is -0.0259. The maximum Gasteiger partial charge on any atom is 0.267 e. The van der Waals surface area contributed by atoms with Crippen molar-refractivity contribution in [2.45, 2.75) is 26.3 Å². The normalized spacial score (nSPS) is 11.2. The number of rotatable bonds is 6. The van der Waals surface area contributed by atoms with Crippen LogP contribution in [0.2, 0.25) is 0 Å². The molecule has 0 aliphatic rings. The van der Waals surface area contributed by atoms with Gasteiger partial charge in [0.15, 0.2) is 0 Å². The van der Waals surface area contributed by atoms with E-state index in [1.807, 2.05) is 30.3 Å². The van der Waals surface area contributed by atoms with Gasteiger partial charge in [0.1, 0.15) is 11.4 Å². The van der Waals surface area contributed by atoms with E-state index in [0.717, 1.165) is 33.6 Å². The van der Waals surface area contributed by atoms with Crippen LogP contribution in [0.15, 0.2) is 41.8 Å². The average molecular weight is 342 g/mol. The van der Waals surface area contributed by atoms with Gasteiger partial charge in [0.2, 0.25) is 0 Å². The van der Waals surface area contributed by atoms with Crippen molar-refractivity contribution in [3.63, 3.8) is 0 Å². The molecule has 0 saturated heterocycles. The van der Waals surface area contributed by atoms with Crippen molar-refractivity contribution in [1.82, 2.24) is 9.88 Å². The van der Waals surface area contributed by atoms with E-state index >= 15 is 0 Å². The summed E-state index contributed by atoms with van der Waals surface area (Å²) in [5, 5.41) is 5.10. The molecule has 0 bridgehead atoms. The molecule has 2 aromatic heterocycles. The molecule has 0 fully saturated rings. The van der Waals surface area contributed by atoms with E-state index in [1.54, 1.807) is 18.4 Å². The van der Waals surface area contributed by atoms with E-state index in [1.165, 1.54) is 0 Å². The average Bonchev–Trinajstić information content (AvgIpc) is 3.15. The van der Waals surface area contributed by atoms with Crippen molar-refractivity contribution in [2.24, 2.45) is 0 Å². The number of ether oxygens (including phenoxy) is 1. The van der Waals surface area contributed by atoms with Gasteiger partial charge in [-0.2, -0.15) is 0 Å². The maximum atomic E-state index is 12.6. The molecule has 4 nitrogen and oxygen atoms in total. The van der Waals surface area contributed by atoms with Crippen LogP contribution in [-0.4, -0.2) is 24.1 Å². The SMILES string of the molecule is COc1ccccc1CCNC(=O)c1cc2sccc2n1C(C)C. The molecule has 0 aliphatic heterocycles. The smallest absolute Gasteiger partial charge is 0.267 e. The molecule has 0 radical (unpaired) electrons. The summed E-state index contributed by atoms with van der Waals surface area (Å²) in [6.07, 6.45) is 0.743. The van der Waals surface area contributed by atoms with E-state index in [4.69, 9.17) is 4.74 Å². The van der Waals surface area contributed by atoms with Crippen LogP contribution in [0.1, 0.15) is 35.9 Å². The summed E-state index contributed by atoms with van der Waals surface area (Å²) in [6, 6.07) is 12.2. The minimum Gasteiger partial charge on any atom is -0.496 e. The second kappa shape index (κ2) is 7.09. The number of fused-ring (bicyclic) bond motifs is 1. The first-order chi connectivity index (χ1) is 11.6. The maximum absolute atomic E-state index is 12.6. The zero-order valence-corrected chi connectivity index (χ0v) is 15.0. The highest BCUT2D eigenvalue weighted by Gasteiger charge is 2.18. The molecule has 1 N–H and O–H groups in total. The summed E-state index contributed by atoms with van der Waals surface area (Å²) >= 11 is 1.67. The van der Waals surface area contributed by atoms with Gasteiger partial charge in [-0.15, -0.1) is 11.3 Å². The van der Waals surface area contributed by atoms with Crippen LogP contribution in [0, 0.1) is 0 Å². The third kappa shape index (κ3) is 3.17. The lowest BCUT2D eigenvalue weighted by molar-refractivity contribution is 0.0944. The van der Waals surface area contributed by atoms with Crippen LogP contribution in [0.25, 0.3) is 10.2 Å². The second-order valence-corrected chi connectivity index (χ2v) is 6.93. The van der Waals surface area contributed by atoms with Crippen molar-refractivity contribution in [3.8, 4) is 5.75 Å². The molecule has 0 saturated carbocycles. The second-order valence-electron chi connectivity index (χ2n) is 5.98. The van der Waals surface area contributed by atoms with Crippen LogP contribution in [0.3, 0.4) is 0 Å². The molecule has 1 aromatic carbocycles. The molecule has 3 rings (SSSR count). The number of hydrogen-bond acceptors (Lipinski definition) is 3. The predicted molar refractivity (Wildman–Crippen MR) is 99.2 cm³/mol. The molecular formula is C19H22N2O2S. The number of benzene rings is 1.